The number of unbranched alkanes of at least 4 members (excludes halogenated alkanes) is 1. The van der Waals surface area contributed by atoms with Gasteiger partial charge in [-0.1, -0.05) is 6.92 Å². The summed E-state index contributed by atoms with van der Waals surface area (Å²) in [5.74, 6) is 0.876. The van der Waals surface area contributed by atoms with E-state index in [2.05, 4.69) is 10.0 Å². The third kappa shape index (κ3) is 7.92. The summed E-state index contributed by atoms with van der Waals surface area (Å²) >= 11 is 0. The molecule has 0 heterocycles. The molecule has 0 aromatic heterocycles. The summed E-state index contributed by atoms with van der Waals surface area (Å²) in [6.07, 6.45) is 1.61. The largest absolute Gasteiger partial charge is 0.491 e. The molecule has 0 amide bonds. The van der Waals surface area contributed by atoms with E-state index < -0.39 is 10.0 Å². The lowest BCUT2D eigenvalue weighted by Gasteiger charge is -2.11. The Labute approximate surface area is 128 Å². The summed E-state index contributed by atoms with van der Waals surface area (Å²) in [6, 6.07) is 6.97. The smallest absolute Gasteiger partial charge is 0.232 e. The van der Waals surface area contributed by atoms with Crippen molar-refractivity contribution in [3.8, 4) is 5.75 Å². The summed E-state index contributed by atoms with van der Waals surface area (Å²) in [5, 5.41) is 3.18. The van der Waals surface area contributed by atoms with Crippen LogP contribution in [0.2, 0.25) is 0 Å². The van der Waals surface area contributed by atoms with Crippen LogP contribution in [0.1, 0.15) is 33.6 Å². The Morgan fingerprint density at radius 2 is 1.81 bits per heavy atom. The van der Waals surface area contributed by atoms with E-state index >= 15 is 0 Å². The molecule has 1 rings (SSSR count). The molecule has 21 heavy (non-hydrogen) atoms. The summed E-state index contributed by atoms with van der Waals surface area (Å²) in [5.41, 5.74) is 0.567. The summed E-state index contributed by atoms with van der Waals surface area (Å²) in [7, 11) is -3.28. The summed E-state index contributed by atoms with van der Waals surface area (Å²) in [4.78, 5) is 0. The monoisotopic (exact) mass is 314 g/mol. The van der Waals surface area contributed by atoms with Crippen molar-refractivity contribution in [2.24, 2.45) is 0 Å². The molecule has 0 spiro atoms. The minimum absolute atomic E-state index is 0.101. The van der Waals surface area contributed by atoms with Crippen LogP contribution in [0, 0.1) is 0 Å². The topological polar surface area (TPSA) is 67.4 Å². The van der Waals surface area contributed by atoms with E-state index in [9.17, 15) is 8.42 Å². The first-order valence-corrected chi connectivity index (χ1v) is 9.06. The first-order chi connectivity index (χ1) is 9.93. The van der Waals surface area contributed by atoms with Crippen LogP contribution >= 0.6 is 0 Å². The molecule has 5 nitrogen and oxygen atoms in total. The highest BCUT2D eigenvalue weighted by Gasteiger charge is 2.10. The third-order valence-electron chi connectivity index (χ3n) is 2.77. The Balaban J connectivity index is 2.43. The highest BCUT2D eigenvalue weighted by molar-refractivity contribution is 7.92. The molecule has 0 saturated heterocycles. The molecule has 1 aromatic carbocycles. The van der Waals surface area contributed by atoms with Crippen LogP contribution in [0.3, 0.4) is 0 Å². The van der Waals surface area contributed by atoms with E-state index in [1.54, 1.807) is 24.3 Å². The molecule has 0 aliphatic rings. The molecule has 0 bridgehead atoms. The number of benzene rings is 1. The van der Waals surface area contributed by atoms with E-state index in [1.165, 1.54) is 0 Å². The third-order valence-corrected chi connectivity index (χ3v) is 4.14. The Morgan fingerprint density at radius 1 is 1.14 bits per heavy atom. The molecule has 120 valence electrons. The van der Waals surface area contributed by atoms with Gasteiger partial charge in [0.25, 0.3) is 0 Å². The lowest BCUT2D eigenvalue weighted by atomic mass is 10.3. The van der Waals surface area contributed by atoms with Crippen molar-refractivity contribution in [3.63, 3.8) is 0 Å². The number of ether oxygens (including phenoxy) is 1. The lowest BCUT2D eigenvalue weighted by molar-refractivity contribution is 0.242. The van der Waals surface area contributed by atoms with Gasteiger partial charge in [0.05, 0.1) is 11.9 Å². The zero-order valence-electron chi connectivity index (χ0n) is 13.1. The van der Waals surface area contributed by atoms with Gasteiger partial charge in [-0.05, 0) is 64.0 Å². The fourth-order valence-corrected chi connectivity index (χ4v) is 3.00. The predicted molar refractivity (Wildman–Crippen MR) is 87.4 cm³/mol. The molecule has 0 atom stereocenters. The van der Waals surface area contributed by atoms with E-state index in [0.29, 0.717) is 12.1 Å². The van der Waals surface area contributed by atoms with E-state index in [0.717, 1.165) is 25.3 Å². The zero-order valence-corrected chi connectivity index (χ0v) is 13.9. The van der Waals surface area contributed by atoms with Crippen molar-refractivity contribution >= 4 is 15.7 Å². The summed E-state index contributed by atoms with van der Waals surface area (Å²) < 4.78 is 32.0. The van der Waals surface area contributed by atoms with Crippen molar-refractivity contribution in [1.29, 1.82) is 0 Å². The fraction of sp³-hybridized carbons (Fsp3) is 0.600. The van der Waals surface area contributed by atoms with Gasteiger partial charge in [0.15, 0.2) is 0 Å². The van der Waals surface area contributed by atoms with Crippen molar-refractivity contribution < 1.29 is 13.2 Å². The standard InChI is InChI=1S/C15H26N2O3S/c1-4-16-11-5-6-12-21(18,19)17-14-7-9-15(10-8-14)20-13(2)3/h7-10,13,16-17H,4-6,11-12H2,1-3H3. The SMILES string of the molecule is CCNCCCCS(=O)(=O)Nc1ccc(OC(C)C)cc1. The highest BCUT2D eigenvalue weighted by atomic mass is 32.2. The van der Waals surface area contributed by atoms with Gasteiger partial charge in [0, 0.05) is 5.69 Å². The van der Waals surface area contributed by atoms with E-state index in [4.69, 9.17) is 4.74 Å². The van der Waals surface area contributed by atoms with Gasteiger partial charge >= 0.3 is 0 Å². The van der Waals surface area contributed by atoms with E-state index in [1.807, 2.05) is 20.8 Å². The predicted octanol–water partition coefficient (Wildman–Crippen LogP) is 2.61. The van der Waals surface area contributed by atoms with Crippen LogP contribution in [0.4, 0.5) is 5.69 Å². The number of sulfonamides is 1. The maximum absolute atomic E-state index is 11.9. The molecular weight excluding hydrogens is 288 g/mol. The first kappa shape index (κ1) is 17.8. The van der Waals surface area contributed by atoms with Crippen LogP contribution in [0.25, 0.3) is 0 Å². The Morgan fingerprint density at radius 3 is 2.38 bits per heavy atom. The van der Waals surface area contributed by atoms with Crippen molar-refractivity contribution in [1.82, 2.24) is 5.32 Å². The Bertz CT molecular complexity index is 498. The number of anilines is 1. The van der Waals surface area contributed by atoms with Gasteiger partial charge in [-0.3, -0.25) is 4.72 Å². The average molecular weight is 314 g/mol. The van der Waals surface area contributed by atoms with E-state index in [-0.39, 0.29) is 11.9 Å². The second-order valence-electron chi connectivity index (χ2n) is 5.17. The number of hydrogen-bond acceptors (Lipinski definition) is 4. The second-order valence-corrected chi connectivity index (χ2v) is 7.01. The lowest BCUT2D eigenvalue weighted by Crippen LogP contribution is -2.19. The Hall–Kier alpha value is -1.27. The van der Waals surface area contributed by atoms with Gasteiger partial charge < -0.3 is 10.1 Å². The number of nitrogens with one attached hydrogen (secondary N) is 2. The molecule has 0 fully saturated rings. The van der Waals surface area contributed by atoms with Gasteiger partial charge in [-0.2, -0.15) is 0 Å². The molecule has 6 heteroatoms. The van der Waals surface area contributed by atoms with Crippen LogP contribution in [-0.4, -0.2) is 33.4 Å². The average Bonchev–Trinajstić information content (AvgIpc) is 2.40. The van der Waals surface area contributed by atoms with Crippen LogP contribution < -0.4 is 14.8 Å². The molecule has 2 N–H and O–H groups in total. The maximum atomic E-state index is 11.9. The van der Waals surface area contributed by atoms with Crippen LogP contribution in [-0.2, 0) is 10.0 Å². The fourth-order valence-electron chi connectivity index (χ4n) is 1.82. The van der Waals surface area contributed by atoms with Crippen molar-refractivity contribution in [2.45, 2.75) is 39.7 Å². The van der Waals surface area contributed by atoms with Gasteiger partial charge in [-0.25, -0.2) is 8.42 Å². The molecule has 0 aliphatic heterocycles. The molecule has 1 aromatic rings. The quantitative estimate of drug-likeness (QED) is 0.651. The minimum atomic E-state index is -3.28. The first-order valence-electron chi connectivity index (χ1n) is 7.41. The van der Waals surface area contributed by atoms with Crippen LogP contribution in [0.5, 0.6) is 5.75 Å². The minimum Gasteiger partial charge on any atom is -0.491 e. The molecule has 0 unspecified atom stereocenters. The van der Waals surface area contributed by atoms with Crippen molar-refractivity contribution in [2.75, 3.05) is 23.6 Å². The molecule has 0 aliphatic carbocycles. The normalized spacial score (nSPS) is 11.6. The molecular formula is C15H26N2O3S. The van der Waals surface area contributed by atoms with Gasteiger partial charge in [0.1, 0.15) is 5.75 Å². The number of rotatable bonds is 10. The number of hydrogen-bond donors (Lipinski definition) is 2. The molecule has 0 saturated carbocycles. The highest BCUT2D eigenvalue weighted by Crippen LogP contribution is 2.18. The maximum Gasteiger partial charge on any atom is 0.232 e. The second kappa shape index (κ2) is 8.89. The van der Waals surface area contributed by atoms with Crippen molar-refractivity contribution in [3.05, 3.63) is 24.3 Å². The van der Waals surface area contributed by atoms with Gasteiger partial charge in [-0.15, -0.1) is 0 Å². The van der Waals surface area contributed by atoms with Crippen LogP contribution in [0.15, 0.2) is 24.3 Å². The summed E-state index contributed by atoms with van der Waals surface area (Å²) in [6.45, 7) is 7.70. The molecule has 0 radical (unpaired) electrons. The zero-order chi connectivity index (χ0) is 15.7. The van der Waals surface area contributed by atoms with Gasteiger partial charge in [0.2, 0.25) is 10.0 Å². The Kier molecular flexibility index (Phi) is 7.53.